The lowest BCUT2D eigenvalue weighted by Gasteiger charge is -2.32. The number of carbonyl (C=O) groups is 1. The largest absolute Gasteiger partial charge is 0.304 e. The lowest BCUT2D eigenvalue weighted by atomic mass is 9.87. The minimum absolute atomic E-state index is 0.0678. The van der Waals surface area contributed by atoms with E-state index in [0.29, 0.717) is 0 Å². The van der Waals surface area contributed by atoms with Crippen LogP contribution in [-0.2, 0) is 4.79 Å². The molecule has 0 spiro atoms. The van der Waals surface area contributed by atoms with Gasteiger partial charge in [-0.1, -0.05) is 112 Å². The van der Waals surface area contributed by atoms with Crippen LogP contribution in [0.15, 0.2) is 91.0 Å². The monoisotopic (exact) mass is 381 g/mol. The number of hydrogen-bond acceptors (Lipinski definition) is 1. The molecular weight excluding hydrogens is 354 g/mol. The van der Waals surface area contributed by atoms with Crippen molar-refractivity contribution in [2.24, 2.45) is 5.41 Å². The third-order valence-corrected chi connectivity index (χ3v) is 5.48. The standard InChI is InChI=1S/C27H27NO/c1-27(2,3)26(29)28-23-17-11-10-16-22(23)25(21-14-8-5-9-15-21)24(28)19-18-20-12-6-4-7-13-20/h4-19,24-25H,1-3H3/b19-18+/t24-,25+/m0/s1. The Labute approximate surface area is 173 Å². The normalized spacial score (nSPS) is 18.8. The van der Waals surface area contributed by atoms with Gasteiger partial charge < -0.3 is 4.90 Å². The fourth-order valence-corrected chi connectivity index (χ4v) is 4.08. The maximum atomic E-state index is 13.5. The Morgan fingerprint density at radius 2 is 1.41 bits per heavy atom. The molecule has 0 aromatic heterocycles. The van der Waals surface area contributed by atoms with Crippen LogP contribution in [0.25, 0.3) is 6.08 Å². The van der Waals surface area contributed by atoms with Crippen LogP contribution in [0.3, 0.4) is 0 Å². The first-order valence-corrected chi connectivity index (χ1v) is 10.2. The van der Waals surface area contributed by atoms with Crippen LogP contribution in [0, 0.1) is 5.41 Å². The van der Waals surface area contributed by atoms with Crippen LogP contribution in [0.2, 0.25) is 0 Å². The summed E-state index contributed by atoms with van der Waals surface area (Å²) in [6, 6.07) is 29.0. The molecular formula is C27H27NO. The summed E-state index contributed by atoms with van der Waals surface area (Å²) in [7, 11) is 0. The number of anilines is 1. The van der Waals surface area contributed by atoms with E-state index in [-0.39, 0.29) is 17.9 Å². The third kappa shape index (κ3) is 3.75. The lowest BCUT2D eigenvalue weighted by Crippen LogP contribution is -2.44. The first-order chi connectivity index (χ1) is 14.0. The number of para-hydroxylation sites is 1. The summed E-state index contributed by atoms with van der Waals surface area (Å²) in [5, 5.41) is 0. The number of carbonyl (C=O) groups excluding carboxylic acids is 1. The maximum absolute atomic E-state index is 13.5. The molecule has 2 heteroatoms. The van der Waals surface area contributed by atoms with E-state index in [2.05, 4.69) is 66.7 Å². The number of benzene rings is 3. The van der Waals surface area contributed by atoms with E-state index in [9.17, 15) is 4.79 Å². The van der Waals surface area contributed by atoms with Gasteiger partial charge in [0, 0.05) is 17.0 Å². The highest BCUT2D eigenvalue weighted by Crippen LogP contribution is 2.46. The van der Waals surface area contributed by atoms with Crippen LogP contribution < -0.4 is 4.90 Å². The second-order valence-electron chi connectivity index (χ2n) is 8.63. The van der Waals surface area contributed by atoms with Gasteiger partial charge in [-0.25, -0.2) is 0 Å². The molecule has 0 N–H and O–H groups in total. The first-order valence-electron chi connectivity index (χ1n) is 10.2. The van der Waals surface area contributed by atoms with Crippen molar-refractivity contribution in [2.75, 3.05) is 4.90 Å². The summed E-state index contributed by atoms with van der Waals surface area (Å²) in [4.78, 5) is 15.5. The van der Waals surface area contributed by atoms with Crippen LogP contribution in [0.1, 0.15) is 43.4 Å². The van der Waals surface area contributed by atoms with Gasteiger partial charge in [0.1, 0.15) is 0 Å². The second kappa shape index (κ2) is 7.71. The zero-order chi connectivity index (χ0) is 20.4. The van der Waals surface area contributed by atoms with Crippen molar-refractivity contribution >= 4 is 17.7 Å². The molecule has 0 aliphatic carbocycles. The molecule has 1 aliphatic heterocycles. The van der Waals surface area contributed by atoms with E-state index in [4.69, 9.17) is 0 Å². The molecule has 0 saturated heterocycles. The molecule has 3 aromatic carbocycles. The van der Waals surface area contributed by atoms with Gasteiger partial charge in [0.2, 0.25) is 5.91 Å². The zero-order valence-electron chi connectivity index (χ0n) is 17.2. The molecule has 0 unspecified atom stereocenters. The Bertz CT molecular complexity index is 1020. The van der Waals surface area contributed by atoms with Gasteiger partial charge in [-0.3, -0.25) is 4.79 Å². The van der Waals surface area contributed by atoms with Crippen molar-refractivity contribution in [1.29, 1.82) is 0 Å². The Balaban J connectivity index is 1.86. The van der Waals surface area contributed by atoms with Crippen molar-refractivity contribution in [3.63, 3.8) is 0 Å². The Morgan fingerprint density at radius 1 is 0.828 bits per heavy atom. The van der Waals surface area contributed by atoms with E-state index in [1.807, 2.05) is 56.0 Å². The van der Waals surface area contributed by atoms with Crippen molar-refractivity contribution in [3.05, 3.63) is 108 Å². The summed E-state index contributed by atoms with van der Waals surface area (Å²) in [6.07, 6.45) is 4.33. The molecule has 1 amide bonds. The SMILES string of the molecule is CC(C)(C)C(=O)N1c2ccccc2[C@@H](c2ccccc2)[C@@H]1/C=C/c1ccccc1. The smallest absolute Gasteiger partial charge is 0.232 e. The average Bonchev–Trinajstić information content (AvgIpc) is 3.06. The van der Waals surface area contributed by atoms with Gasteiger partial charge in [0.05, 0.1) is 6.04 Å². The fourth-order valence-electron chi connectivity index (χ4n) is 4.08. The Morgan fingerprint density at radius 3 is 2.07 bits per heavy atom. The Hall–Kier alpha value is -3.13. The van der Waals surface area contributed by atoms with Crippen LogP contribution in [0.5, 0.6) is 0 Å². The number of fused-ring (bicyclic) bond motifs is 1. The average molecular weight is 382 g/mol. The van der Waals surface area contributed by atoms with Crippen molar-refractivity contribution in [3.8, 4) is 0 Å². The van der Waals surface area contributed by atoms with Gasteiger partial charge in [0.25, 0.3) is 0 Å². The molecule has 1 aliphatic rings. The number of hydrogen-bond donors (Lipinski definition) is 0. The van der Waals surface area contributed by atoms with E-state index in [0.717, 1.165) is 11.3 Å². The van der Waals surface area contributed by atoms with Gasteiger partial charge in [-0.15, -0.1) is 0 Å². The molecule has 29 heavy (non-hydrogen) atoms. The number of nitrogens with zero attached hydrogens (tertiary/aromatic N) is 1. The van der Waals surface area contributed by atoms with Crippen LogP contribution in [0.4, 0.5) is 5.69 Å². The summed E-state index contributed by atoms with van der Waals surface area (Å²) < 4.78 is 0. The fraction of sp³-hybridized carbons (Fsp3) is 0.222. The number of amides is 1. The molecule has 4 rings (SSSR count). The molecule has 0 saturated carbocycles. The summed E-state index contributed by atoms with van der Waals surface area (Å²) in [5.41, 5.74) is 4.13. The second-order valence-corrected chi connectivity index (χ2v) is 8.63. The molecule has 146 valence electrons. The molecule has 1 heterocycles. The zero-order valence-corrected chi connectivity index (χ0v) is 17.2. The topological polar surface area (TPSA) is 20.3 Å². The van der Waals surface area contributed by atoms with Crippen molar-refractivity contribution in [2.45, 2.75) is 32.7 Å². The van der Waals surface area contributed by atoms with E-state index >= 15 is 0 Å². The molecule has 3 aromatic rings. The van der Waals surface area contributed by atoms with Gasteiger partial charge in [-0.2, -0.15) is 0 Å². The van der Waals surface area contributed by atoms with Gasteiger partial charge in [0.15, 0.2) is 0 Å². The highest BCUT2D eigenvalue weighted by molar-refractivity contribution is 6.00. The van der Waals surface area contributed by atoms with Crippen molar-refractivity contribution < 1.29 is 4.79 Å². The Kier molecular flexibility index (Phi) is 5.10. The summed E-state index contributed by atoms with van der Waals surface area (Å²) >= 11 is 0. The van der Waals surface area contributed by atoms with Crippen LogP contribution in [-0.4, -0.2) is 11.9 Å². The van der Waals surface area contributed by atoms with Crippen molar-refractivity contribution in [1.82, 2.24) is 0 Å². The molecule has 0 radical (unpaired) electrons. The molecule has 0 bridgehead atoms. The van der Waals surface area contributed by atoms with E-state index < -0.39 is 5.41 Å². The van der Waals surface area contributed by atoms with E-state index in [1.54, 1.807) is 0 Å². The molecule has 2 atom stereocenters. The molecule has 0 fully saturated rings. The highest BCUT2D eigenvalue weighted by Gasteiger charge is 2.43. The predicted octanol–water partition coefficient (Wildman–Crippen LogP) is 6.29. The number of rotatable bonds is 3. The summed E-state index contributed by atoms with van der Waals surface area (Å²) in [5.74, 6) is 0.254. The third-order valence-electron chi connectivity index (χ3n) is 5.48. The van der Waals surface area contributed by atoms with Crippen LogP contribution >= 0.6 is 0 Å². The van der Waals surface area contributed by atoms with E-state index in [1.165, 1.54) is 11.1 Å². The van der Waals surface area contributed by atoms with Gasteiger partial charge >= 0.3 is 0 Å². The highest BCUT2D eigenvalue weighted by atomic mass is 16.2. The quantitative estimate of drug-likeness (QED) is 0.522. The minimum Gasteiger partial charge on any atom is -0.304 e. The van der Waals surface area contributed by atoms with Gasteiger partial charge in [-0.05, 0) is 22.8 Å². The minimum atomic E-state index is -0.461. The maximum Gasteiger partial charge on any atom is 0.232 e. The lowest BCUT2D eigenvalue weighted by molar-refractivity contribution is -0.126. The predicted molar refractivity (Wildman–Crippen MR) is 121 cm³/mol. The first kappa shape index (κ1) is 19.2. The summed E-state index contributed by atoms with van der Waals surface area (Å²) in [6.45, 7) is 5.98. The molecule has 2 nitrogen and oxygen atoms in total.